The van der Waals surface area contributed by atoms with Gasteiger partial charge in [0.25, 0.3) is 0 Å². The zero-order chi connectivity index (χ0) is 26.4. The zero-order valence-electron chi connectivity index (χ0n) is 19.4. The molecule has 0 saturated heterocycles. The fourth-order valence-corrected chi connectivity index (χ4v) is 4.24. The van der Waals surface area contributed by atoms with Crippen LogP contribution in [0.15, 0.2) is 84.0 Å². The van der Waals surface area contributed by atoms with E-state index < -0.39 is 17.6 Å². The van der Waals surface area contributed by atoms with Gasteiger partial charge in [0.1, 0.15) is 22.7 Å². The molecule has 0 spiro atoms. The van der Waals surface area contributed by atoms with Gasteiger partial charge in [-0.3, -0.25) is 4.79 Å². The number of nitriles is 1. The van der Waals surface area contributed by atoms with Gasteiger partial charge >= 0.3 is 6.18 Å². The molecule has 2 aromatic carbocycles. The van der Waals surface area contributed by atoms with E-state index in [0.29, 0.717) is 33.8 Å². The minimum atomic E-state index is -4.52. The smallest absolute Gasteiger partial charge is 0.417 e. The molecule has 1 amide bonds. The van der Waals surface area contributed by atoms with Crippen LogP contribution in [-0.2, 0) is 11.0 Å². The van der Waals surface area contributed by atoms with Crippen LogP contribution in [0, 0.1) is 11.3 Å². The lowest BCUT2D eigenvalue weighted by Crippen LogP contribution is -2.16. The first-order chi connectivity index (χ1) is 17.8. The van der Waals surface area contributed by atoms with Gasteiger partial charge in [-0.2, -0.15) is 18.4 Å². The molecule has 4 aromatic rings. The number of rotatable bonds is 7. The first-order valence-electron chi connectivity index (χ1n) is 10.9. The van der Waals surface area contributed by atoms with Crippen LogP contribution in [0.4, 0.5) is 19.0 Å². The molecular formula is C27H19F3N4O2S. The van der Waals surface area contributed by atoms with Crippen molar-refractivity contribution >= 4 is 23.5 Å². The molecule has 0 radical (unpaired) electrons. The summed E-state index contributed by atoms with van der Waals surface area (Å²) in [5.41, 5.74) is 2.27. The predicted molar refractivity (Wildman–Crippen MR) is 135 cm³/mol. The van der Waals surface area contributed by atoms with Crippen molar-refractivity contribution in [2.24, 2.45) is 0 Å². The number of thioether (sulfide) groups is 1. The molecule has 0 atom stereocenters. The molecule has 0 aliphatic rings. The van der Waals surface area contributed by atoms with Crippen LogP contribution in [0.3, 0.4) is 0 Å². The number of nitrogens with one attached hydrogen (secondary N) is 1. The number of anilines is 1. The Hall–Kier alpha value is -4.36. The number of hydrogen-bond acceptors (Lipinski definition) is 6. The van der Waals surface area contributed by atoms with E-state index in [9.17, 15) is 23.2 Å². The lowest BCUT2D eigenvalue weighted by atomic mass is 9.99. The number of carbonyl (C=O) groups excluding carboxylic acids is 1. The molecule has 1 N–H and O–H groups in total. The second kappa shape index (κ2) is 11.1. The molecule has 6 nitrogen and oxygen atoms in total. The van der Waals surface area contributed by atoms with Gasteiger partial charge in [-0.05, 0) is 35.9 Å². The Labute approximate surface area is 215 Å². The second-order valence-corrected chi connectivity index (χ2v) is 8.67. The lowest BCUT2D eigenvalue weighted by Gasteiger charge is -2.13. The van der Waals surface area contributed by atoms with Gasteiger partial charge in [0.2, 0.25) is 5.91 Å². The van der Waals surface area contributed by atoms with Crippen LogP contribution in [0.5, 0.6) is 5.75 Å². The molecule has 0 bridgehead atoms. The van der Waals surface area contributed by atoms with Crippen LogP contribution >= 0.6 is 11.8 Å². The molecule has 2 aromatic heterocycles. The second-order valence-electron chi connectivity index (χ2n) is 7.71. The van der Waals surface area contributed by atoms with Crippen molar-refractivity contribution in [3.8, 4) is 34.2 Å². The molecule has 2 heterocycles. The molecule has 4 rings (SSSR count). The number of ether oxygens (including phenoxy) is 1. The normalized spacial score (nSPS) is 11.0. The van der Waals surface area contributed by atoms with Crippen LogP contribution in [-0.4, -0.2) is 28.7 Å². The van der Waals surface area contributed by atoms with Gasteiger partial charge in [-0.15, -0.1) is 0 Å². The average molecular weight is 521 g/mol. The Morgan fingerprint density at radius 3 is 2.38 bits per heavy atom. The van der Waals surface area contributed by atoms with Crippen molar-refractivity contribution in [2.75, 3.05) is 18.2 Å². The summed E-state index contributed by atoms with van der Waals surface area (Å²) in [4.78, 5) is 20.8. The van der Waals surface area contributed by atoms with E-state index >= 15 is 0 Å². The summed E-state index contributed by atoms with van der Waals surface area (Å²) in [6, 6.07) is 22.6. The molecule has 37 heavy (non-hydrogen) atoms. The molecule has 186 valence electrons. The van der Waals surface area contributed by atoms with Crippen LogP contribution < -0.4 is 10.1 Å². The molecule has 0 saturated carbocycles. The fraction of sp³-hybridized carbons (Fsp3) is 0.111. The number of pyridine rings is 2. The summed E-state index contributed by atoms with van der Waals surface area (Å²) in [7, 11) is 1.57. The number of hydrogen-bond donors (Lipinski definition) is 1. The first-order valence-corrected chi connectivity index (χ1v) is 11.9. The van der Waals surface area contributed by atoms with Crippen molar-refractivity contribution in [3.05, 3.63) is 90.1 Å². The highest BCUT2D eigenvalue weighted by Gasteiger charge is 2.30. The topological polar surface area (TPSA) is 87.9 Å². The van der Waals surface area contributed by atoms with E-state index in [2.05, 4.69) is 21.4 Å². The Bertz CT molecular complexity index is 1440. The van der Waals surface area contributed by atoms with Gasteiger partial charge in [0.15, 0.2) is 0 Å². The number of halogens is 3. The van der Waals surface area contributed by atoms with Gasteiger partial charge in [0.05, 0.1) is 29.7 Å². The molecule has 10 heteroatoms. The highest BCUT2D eigenvalue weighted by atomic mass is 32.2. The SMILES string of the molecule is COc1ccc(-c2cc(-c3ccccc3)nc(SCC(=O)Nc3ccc(C(F)(F)F)cn3)c2C#N)cc1. The average Bonchev–Trinajstić information content (AvgIpc) is 2.91. The summed E-state index contributed by atoms with van der Waals surface area (Å²) in [6.45, 7) is 0. The van der Waals surface area contributed by atoms with E-state index in [1.807, 2.05) is 48.5 Å². The Morgan fingerprint density at radius 1 is 1.05 bits per heavy atom. The number of nitrogens with zero attached hydrogens (tertiary/aromatic N) is 3. The Balaban J connectivity index is 1.62. The van der Waals surface area contributed by atoms with Crippen LogP contribution in [0.25, 0.3) is 22.4 Å². The standard InChI is InChI=1S/C27H19F3N4O2S/c1-36-20-10-7-17(8-11-20)21-13-23(18-5-3-2-4-6-18)33-26(22(21)14-31)37-16-25(35)34-24-12-9-19(15-32-24)27(28,29)30/h2-13,15H,16H2,1H3,(H,32,34,35). The van der Waals surface area contributed by atoms with E-state index in [0.717, 1.165) is 35.0 Å². The third-order valence-corrected chi connectivity index (χ3v) is 6.24. The van der Waals surface area contributed by atoms with Crippen LogP contribution in [0.2, 0.25) is 0 Å². The molecule has 0 aliphatic heterocycles. The highest BCUT2D eigenvalue weighted by molar-refractivity contribution is 8.00. The number of carbonyl (C=O) groups is 1. The Kier molecular flexibility index (Phi) is 7.74. The monoisotopic (exact) mass is 520 g/mol. The van der Waals surface area contributed by atoms with E-state index in [4.69, 9.17) is 4.74 Å². The van der Waals surface area contributed by atoms with Gasteiger partial charge in [-0.1, -0.05) is 54.2 Å². The van der Waals surface area contributed by atoms with Crippen LogP contribution in [0.1, 0.15) is 11.1 Å². The summed E-state index contributed by atoms with van der Waals surface area (Å²) in [5.74, 6) is 0.0239. The maximum absolute atomic E-state index is 12.7. The highest BCUT2D eigenvalue weighted by Crippen LogP contribution is 2.35. The quantitative estimate of drug-likeness (QED) is 0.282. The molecule has 0 aliphatic carbocycles. The summed E-state index contributed by atoms with van der Waals surface area (Å²) >= 11 is 1.05. The maximum atomic E-state index is 12.7. The zero-order valence-corrected chi connectivity index (χ0v) is 20.2. The van der Waals surface area contributed by atoms with E-state index in [-0.39, 0.29) is 11.6 Å². The lowest BCUT2D eigenvalue weighted by molar-refractivity contribution is -0.137. The molecule has 0 unspecified atom stereocenters. The predicted octanol–water partition coefficient (Wildman–Crippen LogP) is 6.44. The largest absolute Gasteiger partial charge is 0.497 e. The minimum absolute atomic E-state index is 0.0102. The van der Waals surface area contributed by atoms with Crippen molar-refractivity contribution in [2.45, 2.75) is 11.2 Å². The van der Waals surface area contributed by atoms with Gasteiger partial charge in [0, 0.05) is 17.3 Å². The fourth-order valence-electron chi connectivity index (χ4n) is 3.44. The van der Waals surface area contributed by atoms with Crippen molar-refractivity contribution in [3.63, 3.8) is 0 Å². The van der Waals surface area contributed by atoms with E-state index in [1.54, 1.807) is 19.2 Å². The number of aromatic nitrogens is 2. The number of methoxy groups -OCH3 is 1. The molecule has 0 fully saturated rings. The van der Waals surface area contributed by atoms with E-state index in [1.165, 1.54) is 0 Å². The summed E-state index contributed by atoms with van der Waals surface area (Å²) < 4.78 is 43.4. The number of benzene rings is 2. The first kappa shape index (κ1) is 25.7. The summed E-state index contributed by atoms with van der Waals surface area (Å²) in [6.07, 6.45) is -3.86. The summed E-state index contributed by atoms with van der Waals surface area (Å²) in [5, 5.41) is 12.8. The maximum Gasteiger partial charge on any atom is 0.417 e. The van der Waals surface area contributed by atoms with Gasteiger partial charge < -0.3 is 10.1 Å². The van der Waals surface area contributed by atoms with Gasteiger partial charge in [-0.25, -0.2) is 9.97 Å². The van der Waals surface area contributed by atoms with Crippen molar-refractivity contribution < 1.29 is 22.7 Å². The number of amides is 1. The van der Waals surface area contributed by atoms with Crippen molar-refractivity contribution in [1.29, 1.82) is 5.26 Å². The third-order valence-electron chi connectivity index (χ3n) is 5.27. The third kappa shape index (κ3) is 6.26. The molecular weight excluding hydrogens is 501 g/mol. The number of alkyl halides is 3. The minimum Gasteiger partial charge on any atom is -0.497 e. The van der Waals surface area contributed by atoms with Crippen molar-refractivity contribution in [1.82, 2.24) is 9.97 Å². The Morgan fingerprint density at radius 2 is 1.78 bits per heavy atom.